The minimum Gasteiger partial charge on any atom is -0.399 e. The Bertz CT molecular complexity index is 1310. The molecule has 5 rings (SSSR count). The summed E-state index contributed by atoms with van der Waals surface area (Å²) < 4.78 is 22.9. The summed E-state index contributed by atoms with van der Waals surface area (Å²) in [6.07, 6.45) is 2.56. The van der Waals surface area contributed by atoms with Gasteiger partial charge in [-0.15, -0.1) is 0 Å². The maximum atomic E-state index is 13.7. The summed E-state index contributed by atoms with van der Waals surface area (Å²) in [5.74, 6) is -0.282. The van der Waals surface area contributed by atoms with Crippen molar-refractivity contribution in [2.45, 2.75) is 25.7 Å². The maximum absolute atomic E-state index is 13.7. The maximum Gasteiger partial charge on any atom is 0.140 e. The number of rotatable bonds is 6. The molecular formula is C27H25BrClFN4O. The zero-order valence-electron chi connectivity index (χ0n) is 19.2. The van der Waals surface area contributed by atoms with E-state index in [1.165, 1.54) is 12.1 Å². The highest BCUT2D eigenvalue weighted by atomic mass is 79.9. The number of nitrogen functional groups attached to an aromatic ring is 1. The smallest absolute Gasteiger partial charge is 0.140 e. The van der Waals surface area contributed by atoms with E-state index in [-0.39, 0.29) is 18.1 Å². The summed E-state index contributed by atoms with van der Waals surface area (Å²) in [4.78, 5) is 2.30. The van der Waals surface area contributed by atoms with Crippen LogP contribution in [0.25, 0.3) is 16.9 Å². The van der Waals surface area contributed by atoms with Crippen molar-refractivity contribution in [2.75, 3.05) is 18.8 Å². The lowest BCUT2D eigenvalue weighted by Gasteiger charge is -2.23. The van der Waals surface area contributed by atoms with Crippen molar-refractivity contribution in [1.82, 2.24) is 14.7 Å². The Labute approximate surface area is 217 Å². The van der Waals surface area contributed by atoms with E-state index in [4.69, 9.17) is 27.2 Å². The van der Waals surface area contributed by atoms with E-state index < -0.39 is 0 Å². The van der Waals surface area contributed by atoms with Crippen molar-refractivity contribution in [3.63, 3.8) is 0 Å². The molecule has 2 heterocycles. The molecule has 5 nitrogen and oxygen atoms in total. The van der Waals surface area contributed by atoms with E-state index in [0.29, 0.717) is 10.7 Å². The Balaban J connectivity index is 1.50. The van der Waals surface area contributed by atoms with Gasteiger partial charge in [0, 0.05) is 45.6 Å². The molecule has 0 spiro atoms. The highest BCUT2D eigenvalue weighted by Crippen LogP contribution is 2.37. The van der Waals surface area contributed by atoms with Gasteiger partial charge in [0.1, 0.15) is 12.0 Å². The second kappa shape index (κ2) is 10.1. The molecule has 8 heteroatoms. The average molecular weight is 556 g/mol. The van der Waals surface area contributed by atoms with Crippen molar-refractivity contribution in [1.29, 1.82) is 0 Å². The lowest BCUT2D eigenvalue weighted by Crippen LogP contribution is -2.27. The van der Waals surface area contributed by atoms with Gasteiger partial charge >= 0.3 is 0 Å². The number of nitrogens with two attached hydrogens (primary N) is 1. The summed E-state index contributed by atoms with van der Waals surface area (Å²) in [5, 5.41) is 5.53. The van der Waals surface area contributed by atoms with Gasteiger partial charge in [-0.25, -0.2) is 9.07 Å². The van der Waals surface area contributed by atoms with E-state index in [1.54, 1.807) is 18.2 Å². The number of benzene rings is 3. The minimum absolute atomic E-state index is 0.0570. The molecule has 1 saturated heterocycles. The van der Waals surface area contributed by atoms with E-state index in [2.05, 4.69) is 27.8 Å². The Morgan fingerprint density at radius 1 is 1.11 bits per heavy atom. The molecule has 4 aromatic rings. The van der Waals surface area contributed by atoms with Crippen LogP contribution in [-0.2, 0) is 11.2 Å². The number of anilines is 1. The number of hydrogen-bond acceptors (Lipinski definition) is 4. The van der Waals surface area contributed by atoms with Gasteiger partial charge in [0.05, 0.1) is 17.5 Å². The SMILES string of the molecule is C[C@@H]1CN(CCc2cc(N)cc(Cl)c2)[C@@H](c2cn(-c3ccc(Br)cc3)nc2-c2ccc(F)cc2)O1. The van der Waals surface area contributed by atoms with E-state index >= 15 is 0 Å². The van der Waals surface area contributed by atoms with Crippen molar-refractivity contribution >= 4 is 33.2 Å². The molecule has 3 aromatic carbocycles. The Kier molecular flexibility index (Phi) is 6.93. The summed E-state index contributed by atoms with van der Waals surface area (Å²) in [7, 11) is 0. The van der Waals surface area contributed by atoms with E-state index in [0.717, 1.165) is 52.1 Å². The highest BCUT2D eigenvalue weighted by Gasteiger charge is 2.34. The minimum atomic E-state index is -0.286. The van der Waals surface area contributed by atoms with Crippen molar-refractivity contribution in [3.8, 4) is 16.9 Å². The molecule has 180 valence electrons. The first-order valence-corrected chi connectivity index (χ1v) is 12.6. The summed E-state index contributed by atoms with van der Waals surface area (Å²) in [6.45, 7) is 3.62. The van der Waals surface area contributed by atoms with Crippen LogP contribution < -0.4 is 5.73 Å². The fourth-order valence-corrected chi connectivity index (χ4v) is 5.00. The average Bonchev–Trinajstić information content (AvgIpc) is 3.41. The van der Waals surface area contributed by atoms with Gasteiger partial charge in [0.15, 0.2) is 0 Å². The number of aromatic nitrogens is 2. The largest absolute Gasteiger partial charge is 0.399 e. The lowest BCUT2D eigenvalue weighted by molar-refractivity contribution is 0.00522. The van der Waals surface area contributed by atoms with E-state index in [9.17, 15) is 4.39 Å². The molecule has 2 N–H and O–H groups in total. The quantitative estimate of drug-likeness (QED) is 0.271. The summed E-state index contributed by atoms with van der Waals surface area (Å²) in [5.41, 5.74) is 11.2. The van der Waals surface area contributed by atoms with Crippen LogP contribution in [0.3, 0.4) is 0 Å². The zero-order valence-corrected chi connectivity index (χ0v) is 21.5. The Morgan fingerprint density at radius 3 is 2.57 bits per heavy atom. The molecule has 0 aliphatic carbocycles. The zero-order chi connectivity index (χ0) is 24.5. The third-order valence-electron chi connectivity index (χ3n) is 6.07. The van der Waals surface area contributed by atoms with Gasteiger partial charge in [0.2, 0.25) is 0 Å². The first-order valence-electron chi connectivity index (χ1n) is 11.4. The van der Waals surface area contributed by atoms with Crippen LogP contribution in [0.4, 0.5) is 10.1 Å². The van der Waals surface area contributed by atoms with Crippen LogP contribution in [0.5, 0.6) is 0 Å². The number of nitrogens with zero attached hydrogens (tertiary/aromatic N) is 3. The third kappa shape index (κ3) is 5.43. The van der Waals surface area contributed by atoms with Crippen molar-refractivity contribution < 1.29 is 9.13 Å². The first kappa shape index (κ1) is 24.0. The molecule has 1 aliphatic rings. The number of ether oxygens (including phenoxy) is 1. The number of halogens is 3. The molecule has 1 aromatic heterocycles. The topological polar surface area (TPSA) is 56.3 Å². The van der Waals surface area contributed by atoms with Gasteiger partial charge in [-0.1, -0.05) is 27.5 Å². The summed E-state index contributed by atoms with van der Waals surface area (Å²) >= 11 is 9.69. The fourth-order valence-electron chi connectivity index (χ4n) is 4.47. The predicted molar refractivity (Wildman–Crippen MR) is 141 cm³/mol. The fraction of sp³-hybridized carbons (Fsp3) is 0.222. The highest BCUT2D eigenvalue weighted by molar-refractivity contribution is 9.10. The van der Waals surface area contributed by atoms with Crippen LogP contribution in [-0.4, -0.2) is 33.9 Å². The predicted octanol–water partition coefficient (Wildman–Crippen LogP) is 6.64. The van der Waals surface area contributed by atoms with Crippen LogP contribution in [0.2, 0.25) is 5.02 Å². The Hall–Kier alpha value is -2.71. The molecule has 0 bridgehead atoms. The van der Waals surface area contributed by atoms with Crippen molar-refractivity contribution in [2.24, 2.45) is 0 Å². The normalized spacial score (nSPS) is 18.3. The van der Waals surface area contributed by atoms with Crippen LogP contribution in [0.1, 0.15) is 24.3 Å². The molecule has 0 unspecified atom stereocenters. The first-order chi connectivity index (χ1) is 16.9. The Morgan fingerprint density at radius 2 is 1.86 bits per heavy atom. The molecule has 0 radical (unpaired) electrons. The van der Waals surface area contributed by atoms with Gasteiger partial charge in [-0.2, -0.15) is 5.10 Å². The molecule has 35 heavy (non-hydrogen) atoms. The second-order valence-electron chi connectivity index (χ2n) is 8.80. The van der Waals surface area contributed by atoms with Gasteiger partial charge in [-0.05, 0) is 85.6 Å². The van der Waals surface area contributed by atoms with Crippen LogP contribution in [0, 0.1) is 5.82 Å². The van der Waals surface area contributed by atoms with Gasteiger partial charge in [0.25, 0.3) is 0 Å². The van der Waals surface area contributed by atoms with Gasteiger partial charge in [-0.3, -0.25) is 4.90 Å². The van der Waals surface area contributed by atoms with Crippen LogP contribution >= 0.6 is 27.5 Å². The molecule has 1 aliphatic heterocycles. The third-order valence-corrected chi connectivity index (χ3v) is 6.82. The molecule has 0 amide bonds. The van der Waals surface area contributed by atoms with Crippen LogP contribution in [0.15, 0.2) is 77.4 Å². The molecular weight excluding hydrogens is 531 g/mol. The standard InChI is InChI=1S/C27H25BrClFN4O/c1-17-15-33(11-10-18-12-21(29)14-23(31)13-18)27(35-17)25-16-34(24-8-4-20(28)5-9-24)32-26(25)19-2-6-22(30)7-3-19/h2-9,12-14,16-17,27H,10-11,15,31H2,1H3/t17-,27-/m1/s1. The monoisotopic (exact) mass is 554 g/mol. The molecule has 0 saturated carbocycles. The molecule has 2 atom stereocenters. The lowest BCUT2D eigenvalue weighted by atomic mass is 10.1. The van der Waals surface area contributed by atoms with Gasteiger partial charge < -0.3 is 10.5 Å². The molecule has 1 fully saturated rings. The van der Waals surface area contributed by atoms with Crippen molar-refractivity contribution in [3.05, 3.63) is 99.4 Å². The number of hydrogen-bond donors (Lipinski definition) is 1. The van der Waals surface area contributed by atoms with E-state index in [1.807, 2.05) is 47.3 Å². The summed E-state index contributed by atoms with van der Waals surface area (Å²) in [6, 6.07) is 20.0. The second-order valence-corrected chi connectivity index (χ2v) is 10.1.